The normalized spacial score (nSPS) is 12.9. The van der Waals surface area contributed by atoms with Gasteiger partial charge in [0.1, 0.15) is 5.69 Å². The van der Waals surface area contributed by atoms with Crippen LogP contribution in [0.15, 0.2) is 30.3 Å². The summed E-state index contributed by atoms with van der Waals surface area (Å²) in [6, 6.07) is 7.15. The summed E-state index contributed by atoms with van der Waals surface area (Å²) >= 11 is 0. The lowest BCUT2D eigenvalue weighted by molar-refractivity contribution is -0.116. The zero-order chi connectivity index (χ0) is 21.3. The Labute approximate surface area is 167 Å². The van der Waals surface area contributed by atoms with Crippen molar-refractivity contribution in [3.8, 4) is 0 Å². The maximum Gasteiger partial charge on any atom is 0.261 e. The Balaban J connectivity index is 1.57. The van der Waals surface area contributed by atoms with Crippen molar-refractivity contribution in [2.45, 2.75) is 19.8 Å². The molecule has 3 amide bonds. The van der Waals surface area contributed by atoms with E-state index in [4.69, 9.17) is 0 Å². The van der Waals surface area contributed by atoms with E-state index in [0.29, 0.717) is 11.1 Å². The number of hydrogen-bond donors (Lipinski definition) is 1. The van der Waals surface area contributed by atoms with Crippen LogP contribution in [0.1, 0.15) is 39.1 Å². The molecule has 0 atom stereocenters. The fourth-order valence-corrected chi connectivity index (χ4v) is 3.29. The second kappa shape index (κ2) is 7.98. The van der Waals surface area contributed by atoms with Crippen molar-refractivity contribution in [1.29, 1.82) is 0 Å². The summed E-state index contributed by atoms with van der Waals surface area (Å²) < 4.78 is 28.0. The molecule has 152 valence electrons. The van der Waals surface area contributed by atoms with E-state index in [9.17, 15) is 23.2 Å². The number of amides is 3. The largest absolute Gasteiger partial charge is 0.373 e. The number of nitrogens with one attached hydrogen (secondary N) is 1. The van der Waals surface area contributed by atoms with Gasteiger partial charge in [-0.05, 0) is 37.6 Å². The van der Waals surface area contributed by atoms with Gasteiger partial charge in [-0.25, -0.2) is 8.78 Å². The van der Waals surface area contributed by atoms with Crippen LogP contribution in [0.4, 0.5) is 20.2 Å². The third-order valence-corrected chi connectivity index (χ3v) is 4.66. The van der Waals surface area contributed by atoms with E-state index in [0.717, 1.165) is 22.6 Å². The molecule has 0 aromatic heterocycles. The number of fused-ring (bicyclic) bond motifs is 1. The molecule has 0 unspecified atom stereocenters. The number of carbonyl (C=O) groups excluding carboxylic acids is 3. The van der Waals surface area contributed by atoms with Crippen LogP contribution in [0.2, 0.25) is 0 Å². The molecule has 0 fully saturated rings. The van der Waals surface area contributed by atoms with Crippen molar-refractivity contribution >= 4 is 29.1 Å². The quantitative estimate of drug-likeness (QED) is 0.754. The molecule has 6 nitrogen and oxygen atoms in total. The van der Waals surface area contributed by atoms with Crippen LogP contribution in [-0.4, -0.2) is 43.3 Å². The summed E-state index contributed by atoms with van der Waals surface area (Å²) in [5.74, 6) is -2.79. The standard InChI is InChI=1S/C21H21F2N3O3/c1-12-6-7-14-15(9-12)21(29)26(20(14)28)8-4-5-18(27)24-13-10-16(22)19(25(2)3)17(23)11-13/h6-7,9-11H,4-5,8H2,1-3H3,(H,24,27). The second-order valence-corrected chi connectivity index (χ2v) is 7.15. The molecule has 1 aliphatic heterocycles. The second-order valence-electron chi connectivity index (χ2n) is 7.15. The lowest BCUT2D eigenvalue weighted by Gasteiger charge is -2.16. The fraction of sp³-hybridized carbons (Fsp3) is 0.286. The average molecular weight is 401 g/mol. The van der Waals surface area contributed by atoms with Crippen molar-refractivity contribution in [3.63, 3.8) is 0 Å². The third kappa shape index (κ3) is 4.11. The predicted octanol–water partition coefficient (Wildman–Crippen LogP) is 3.35. The Hall–Kier alpha value is -3.29. The monoisotopic (exact) mass is 401 g/mol. The first-order valence-corrected chi connectivity index (χ1v) is 9.12. The number of aryl methyl sites for hydroxylation is 1. The van der Waals surface area contributed by atoms with E-state index in [2.05, 4.69) is 5.32 Å². The first-order chi connectivity index (χ1) is 13.7. The first kappa shape index (κ1) is 20.4. The van der Waals surface area contributed by atoms with Gasteiger partial charge >= 0.3 is 0 Å². The SMILES string of the molecule is Cc1ccc2c(c1)C(=O)N(CCCC(=O)Nc1cc(F)c(N(C)C)c(F)c1)C2=O. The molecule has 0 saturated heterocycles. The molecule has 2 aromatic carbocycles. The fourth-order valence-electron chi connectivity index (χ4n) is 3.29. The van der Waals surface area contributed by atoms with Crippen LogP contribution in [0, 0.1) is 18.6 Å². The van der Waals surface area contributed by atoms with Crippen molar-refractivity contribution < 1.29 is 23.2 Å². The number of nitrogens with zero attached hydrogens (tertiary/aromatic N) is 2. The number of carbonyl (C=O) groups is 3. The summed E-state index contributed by atoms with van der Waals surface area (Å²) in [4.78, 5) is 39.3. The molecule has 8 heteroatoms. The van der Waals surface area contributed by atoms with E-state index in [1.54, 1.807) is 18.2 Å². The molecule has 2 aromatic rings. The van der Waals surface area contributed by atoms with E-state index in [-0.39, 0.29) is 42.6 Å². The van der Waals surface area contributed by atoms with Crippen molar-refractivity contribution in [2.75, 3.05) is 30.9 Å². The van der Waals surface area contributed by atoms with Gasteiger partial charge in [0.05, 0.1) is 11.1 Å². The molecular formula is C21H21F2N3O3. The van der Waals surface area contributed by atoms with Crippen molar-refractivity contribution in [3.05, 3.63) is 58.7 Å². The summed E-state index contributed by atoms with van der Waals surface area (Å²) in [5.41, 5.74) is 1.42. The highest BCUT2D eigenvalue weighted by Gasteiger charge is 2.34. The minimum atomic E-state index is -0.786. The number of hydrogen-bond acceptors (Lipinski definition) is 4. The molecule has 1 N–H and O–H groups in total. The van der Waals surface area contributed by atoms with Crippen LogP contribution in [0.25, 0.3) is 0 Å². The maximum atomic E-state index is 14.0. The molecule has 1 aliphatic rings. The lowest BCUT2D eigenvalue weighted by Crippen LogP contribution is -2.31. The number of rotatable bonds is 6. The van der Waals surface area contributed by atoms with Gasteiger partial charge in [0, 0.05) is 32.7 Å². The van der Waals surface area contributed by atoms with Crippen LogP contribution in [-0.2, 0) is 4.79 Å². The van der Waals surface area contributed by atoms with Crippen molar-refractivity contribution in [1.82, 2.24) is 4.90 Å². The molecule has 29 heavy (non-hydrogen) atoms. The van der Waals surface area contributed by atoms with Crippen molar-refractivity contribution in [2.24, 2.45) is 0 Å². The lowest BCUT2D eigenvalue weighted by atomic mass is 10.1. The minimum absolute atomic E-state index is 0.00630. The molecule has 1 heterocycles. The molecule has 0 bridgehead atoms. The molecule has 3 rings (SSSR count). The highest BCUT2D eigenvalue weighted by molar-refractivity contribution is 6.21. The smallest absolute Gasteiger partial charge is 0.261 e. The summed E-state index contributed by atoms with van der Waals surface area (Å²) in [5, 5.41) is 2.44. The Morgan fingerprint density at radius 1 is 1.03 bits per heavy atom. The van der Waals surface area contributed by atoms with Crippen LogP contribution in [0.3, 0.4) is 0 Å². The number of anilines is 2. The van der Waals surface area contributed by atoms with Gasteiger partial charge in [0.25, 0.3) is 11.8 Å². The molecular weight excluding hydrogens is 380 g/mol. The summed E-state index contributed by atoms with van der Waals surface area (Å²) in [6.45, 7) is 1.92. The van der Waals surface area contributed by atoms with Gasteiger partial charge in [0.15, 0.2) is 11.6 Å². The first-order valence-electron chi connectivity index (χ1n) is 9.12. The predicted molar refractivity (Wildman–Crippen MR) is 105 cm³/mol. The Bertz CT molecular complexity index is 982. The van der Waals surface area contributed by atoms with E-state index in [1.807, 2.05) is 6.92 Å². The Kier molecular flexibility index (Phi) is 5.63. The number of halogens is 2. The molecule has 0 spiro atoms. The van der Waals surface area contributed by atoms with Gasteiger partial charge in [-0.1, -0.05) is 11.6 Å². The van der Waals surface area contributed by atoms with Crippen LogP contribution in [0.5, 0.6) is 0 Å². The minimum Gasteiger partial charge on any atom is -0.373 e. The third-order valence-electron chi connectivity index (χ3n) is 4.66. The number of imide groups is 1. The van der Waals surface area contributed by atoms with Gasteiger partial charge in [-0.15, -0.1) is 0 Å². The van der Waals surface area contributed by atoms with E-state index in [1.165, 1.54) is 19.0 Å². The zero-order valence-electron chi connectivity index (χ0n) is 16.4. The molecule has 0 radical (unpaired) electrons. The Morgan fingerprint density at radius 3 is 2.28 bits per heavy atom. The van der Waals surface area contributed by atoms with Crippen LogP contribution >= 0.6 is 0 Å². The van der Waals surface area contributed by atoms with Gasteiger partial charge in [-0.3, -0.25) is 19.3 Å². The van der Waals surface area contributed by atoms with E-state index < -0.39 is 17.5 Å². The van der Waals surface area contributed by atoms with Gasteiger partial charge in [0.2, 0.25) is 5.91 Å². The average Bonchev–Trinajstić information content (AvgIpc) is 2.85. The maximum absolute atomic E-state index is 14.0. The van der Waals surface area contributed by atoms with Gasteiger partial charge < -0.3 is 10.2 Å². The summed E-state index contributed by atoms with van der Waals surface area (Å²) in [7, 11) is 3.03. The topological polar surface area (TPSA) is 69.7 Å². The van der Waals surface area contributed by atoms with Crippen LogP contribution < -0.4 is 10.2 Å². The molecule has 0 aliphatic carbocycles. The highest BCUT2D eigenvalue weighted by atomic mass is 19.1. The van der Waals surface area contributed by atoms with Gasteiger partial charge in [-0.2, -0.15) is 0 Å². The highest BCUT2D eigenvalue weighted by Crippen LogP contribution is 2.26. The summed E-state index contributed by atoms with van der Waals surface area (Å²) in [6.07, 6.45) is 0.224. The number of benzene rings is 2. The zero-order valence-corrected chi connectivity index (χ0v) is 16.4. The van der Waals surface area contributed by atoms with E-state index >= 15 is 0 Å². The Morgan fingerprint density at radius 2 is 1.66 bits per heavy atom. The molecule has 0 saturated carbocycles.